The Morgan fingerprint density at radius 1 is 0.681 bits per heavy atom. The molecular formula is C44H47N2Si+. The van der Waals surface area contributed by atoms with Gasteiger partial charge in [0.15, 0.2) is 5.71 Å². The van der Waals surface area contributed by atoms with Crippen LogP contribution in [-0.4, -0.2) is 46.6 Å². The summed E-state index contributed by atoms with van der Waals surface area (Å²) in [6, 6.07) is 30.5. The molecule has 0 atom stereocenters. The molecule has 0 saturated carbocycles. The average molecular weight is 632 g/mol. The average Bonchev–Trinajstić information content (AvgIpc) is 3.07. The lowest BCUT2D eigenvalue weighted by Crippen LogP contribution is -2.49. The summed E-state index contributed by atoms with van der Waals surface area (Å²) < 4.78 is 2.24. The van der Waals surface area contributed by atoms with Gasteiger partial charge in [0.1, 0.15) is 22.2 Å². The summed E-state index contributed by atoms with van der Waals surface area (Å²) in [4.78, 5) is 2.24. The highest BCUT2D eigenvalue weighted by molar-refractivity contribution is 6.98. The van der Waals surface area contributed by atoms with Crippen molar-refractivity contribution in [3.8, 4) is 11.1 Å². The summed E-state index contributed by atoms with van der Waals surface area (Å²) in [5.74, 6) is 0. The molecule has 0 N–H and O–H groups in total. The number of rotatable bonds is 5. The molecule has 0 unspecified atom stereocenters. The van der Waals surface area contributed by atoms with E-state index in [-0.39, 0.29) is 0 Å². The zero-order chi connectivity index (χ0) is 33.2. The van der Waals surface area contributed by atoms with E-state index in [9.17, 15) is 0 Å². The molecule has 7 rings (SSSR count). The van der Waals surface area contributed by atoms with Crippen LogP contribution in [0.1, 0.15) is 41.7 Å². The van der Waals surface area contributed by atoms with Crippen molar-refractivity contribution in [3.63, 3.8) is 0 Å². The fourth-order valence-corrected chi connectivity index (χ4v) is 11.1. The molecule has 0 radical (unpaired) electrons. The summed E-state index contributed by atoms with van der Waals surface area (Å²) in [7, 11) is 6.59. The first-order valence-corrected chi connectivity index (χ1v) is 20.1. The van der Waals surface area contributed by atoms with Crippen molar-refractivity contribution >= 4 is 51.8 Å². The van der Waals surface area contributed by atoms with Crippen LogP contribution in [0.2, 0.25) is 13.1 Å². The van der Waals surface area contributed by atoms with Crippen LogP contribution in [0.5, 0.6) is 0 Å². The summed E-state index contributed by atoms with van der Waals surface area (Å²) in [6.07, 6.45) is 9.20. The van der Waals surface area contributed by atoms with Crippen LogP contribution in [0.15, 0.2) is 108 Å². The van der Waals surface area contributed by atoms with Gasteiger partial charge in [0, 0.05) is 31.9 Å². The molecule has 0 bridgehead atoms. The standard InChI is InChI=1S/C44H47N2Si/c1-10-33-35-14-12-13-15-36(35)34(11-2)41-25-30(18-21-37(33)41)29-17-16-28(3)40(24-29)44-38-22-19-31(45(4)5)26-42(38)47(8,9)43-27-32(46(6)7)20-23-39(43)44/h12-27H,10-11H2,1-9H3/q+1. The van der Waals surface area contributed by atoms with Crippen LogP contribution >= 0.6 is 0 Å². The van der Waals surface area contributed by atoms with Crippen LogP contribution in [0.4, 0.5) is 5.69 Å². The number of allylic oxidation sites excluding steroid dienone is 5. The van der Waals surface area contributed by atoms with Crippen molar-refractivity contribution in [2.75, 3.05) is 33.1 Å². The maximum atomic E-state index is 2.53. The lowest BCUT2D eigenvalue weighted by molar-refractivity contribution is -0.462. The summed E-state index contributed by atoms with van der Waals surface area (Å²) in [6.45, 7) is 11.9. The Kier molecular flexibility index (Phi) is 7.72. The van der Waals surface area contributed by atoms with E-state index in [1.807, 2.05) is 0 Å². The van der Waals surface area contributed by atoms with Crippen molar-refractivity contribution in [2.45, 2.75) is 46.7 Å². The molecule has 5 aromatic rings. The van der Waals surface area contributed by atoms with Crippen LogP contribution in [0.25, 0.3) is 38.2 Å². The molecule has 236 valence electrons. The first-order valence-electron chi connectivity index (χ1n) is 17.1. The van der Waals surface area contributed by atoms with Gasteiger partial charge in [-0.25, -0.2) is 4.58 Å². The van der Waals surface area contributed by atoms with Crippen LogP contribution in [0.3, 0.4) is 0 Å². The van der Waals surface area contributed by atoms with Crippen molar-refractivity contribution in [1.82, 2.24) is 0 Å². The van der Waals surface area contributed by atoms with Gasteiger partial charge in [-0.3, -0.25) is 0 Å². The summed E-state index contributed by atoms with van der Waals surface area (Å²) in [5.41, 5.74) is 14.8. The number of hydrogen-bond acceptors (Lipinski definition) is 1. The maximum Gasteiger partial charge on any atom is 0.199 e. The first-order chi connectivity index (χ1) is 22.5. The third kappa shape index (κ3) is 4.95. The van der Waals surface area contributed by atoms with E-state index in [1.165, 1.54) is 93.4 Å². The smallest absolute Gasteiger partial charge is 0.199 e. The van der Waals surface area contributed by atoms with Gasteiger partial charge in [-0.2, -0.15) is 0 Å². The third-order valence-corrected chi connectivity index (χ3v) is 14.2. The number of nitrogens with zero attached hydrogens (tertiary/aromatic N) is 2. The Bertz CT molecular complexity index is 2240. The zero-order valence-corrected chi connectivity index (χ0v) is 30.5. The molecule has 5 aromatic carbocycles. The highest BCUT2D eigenvalue weighted by atomic mass is 28.3. The normalized spacial score (nSPS) is 15.2. The fraction of sp³-hybridized carbons (Fsp3) is 0.250. The fourth-order valence-electron chi connectivity index (χ4n) is 8.04. The number of aryl methyl sites for hydroxylation is 3. The number of benzene rings is 5. The molecule has 1 heterocycles. The van der Waals surface area contributed by atoms with Gasteiger partial charge in [-0.15, -0.1) is 0 Å². The van der Waals surface area contributed by atoms with Gasteiger partial charge in [-0.05, 0) is 132 Å². The second-order valence-electron chi connectivity index (χ2n) is 14.2. The Labute approximate surface area is 282 Å². The van der Waals surface area contributed by atoms with Gasteiger partial charge in [0.05, 0.1) is 0 Å². The molecule has 2 nitrogen and oxygen atoms in total. The van der Waals surface area contributed by atoms with Gasteiger partial charge >= 0.3 is 0 Å². The quantitative estimate of drug-likeness (QED) is 0.106. The van der Waals surface area contributed by atoms with Crippen molar-refractivity contribution in [3.05, 3.63) is 136 Å². The highest BCUT2D eigenvalue weighted by Gasteiger charge is 2.40. The minimum Gasteiger partial charge on any atom is -0.378 e. The molecule has 0 fully saturated rings. The Balaban J connectivity index is 1.48. The van der Waals surface area contributed by atoms with Crippen molar-refractivity contribution in [2.24, 2.45) is 0 Å². The van der Waals surface area contributed by atoms with Gasteiger partial charge < -0.3 is 4.90 Å². The molecule has 0 aromatic heterocycles. The second-order valence-corrected chi connectivity index (χ2v) is 18.6. The van der Waals surface area contributed by atoms with Crippen molar-refractivity contribution < 1.29 is 4.58 Å². The van der Waals surface area contributed by atoms with E-state index in [1.54, 1.807) is 0 Å². The topological polar surface area (TPSA) is 6.25 Å². The third-order valence-electron chi connectivity index (χ3n) is 10.7. The van der Waals surface area contributed by atoms with Gasteiger partial charge in [0.25, 0.3) is 0 Å². The van der Waals surface area contributed by atoms with E-state index < -0.39 is 8.07 Å². The van der Waals surface area contributed by atoms with E-state index in [0.29, 0.717) is 0 Å². The van der Waals surface area contributed by atoms with Gasteiger partial charge in [-0.1, -0.05) is 81.5 Å². The SMILES string of the molecule is CCc1c2ccccc2c(CC)c2cc(-c3ccc(C)c(C4=C5C=CC(=[N+](C)C)C=C5[Si](C)(C)c5cc(N(C)C)ccc54)c3)ccc12. The Hall–Kier alpha value is -4.47. The van der Waals surface area contributed by atoms with E-state index >= 15 is 0 Å². The number of hydrogen-bond donors (Lipinski definition) is 0. The molecule has 0 saturated heterocycles. The minimum absolute atomic E-state index is 1.01. The summed E-state index contributed by atoms with van der Waals surface area (Å²) in [5, 5.41) is 8.62. The lowest BCUT2D eigenvalue weighted by Gasteiger charge is -2.38. The molecule has 2 aliphatic rings. The monoisotopic (exact) mass is 631 g/mol. The highest BCUT2D eigenvalue weighted by Crippen LogP contribution is 2.44. The lowest BCUT2D eigenvalue weighted by atomic mass is 9.85. The molecule has 1 aliphatic heterocycles. The van der Waals surface area contributed by atoms with Crippen LogP contribution in [-0.2, 0) is 12.8 Å². The van der Waals surface area contributed by atoms with E-state index in [0.717, 1.165) is 12.8 Å². The number of anilines is 1. The molecule has 3 heteroatoms. The van der Waals surface area contributed by atoms with E-state index in [4.69, 9.17) is 0 Å². The van der Waals surface area contributed by atoms with Crippen LogP contribution in [0, 0.1) is 6.92 Å². The predicted octanol–water partition coefficient (Wildman–Crippen LogP) is 9.64. The van der Waals surface area contributed by atoms with Crippen molar-refractivity contribution in [1.29, 1.82) is 0 Å². The maximum absolute atomic E-state index is 2.53. The van der Waals surface area contributed by atoms with Crippen LogP contribution < -0.4 is 10.1 Å². The largest absolute Gasteiger partial charge is 0.378 e. The molecular weight excluding hydrogens is 585 g/mol. The minimum atomic E-state index is -2.00. The molecule has 0 spiro atoms. The zero-order valence-electron chi connectivity index (χ0n) is 29.5. The summed E-state index contributed by atoms with van der Waals surface area (Å²) >= 11 is 0. The molecule has 1 aliphatic carbocycles. The first kappa shape index (κ1) is 31.1. The Morgan fingerprint density at radius 3 is 1.98 bits per heavy atom. The van der Waals surface area contributed by atoms with Gasteiger partial charge in [0.2, 0.25) is 0 Å². The Morgan fingerprint density at radius 2 is 1.32 bits per heavy atom. The van der Waals surface area contributed by atoms with E-state index in [2.05, 4.69) is 169 Å². The predicted molar refractivity (Wildman–Crippen MR) is 209 cm³/mol. The number of fused-ring (bicyclic) bond motifs is 4. The molecule has 0 amide bonds. The molecule has 47 heavy (non-hydrogen) atoms. The second kappa shape index (κ2) is 11.6.